The average molecular weight is 377 g/mol. The summed E-state index contributed by atoms with van der Waals surface area (Å²) >= 11 is 1.32. The minimum absolute atomic E-state index is 0.0576. The lowest BCUT2D eigenvalue weighted by Crippen LogP contribution is -2.37. The molecule has 1 aromatic carbocycles. The maximum absolute atomic E-state index is 12.0. The van der Waals surface area contributed by atoms with Gasteiger partial charge in [0.1, 0.15) is 6.42 Å². The van der Waals surface area contributed by atoms with Crippen LogP contribution in [-0.2, 0) is 14.6 Å². The zero-order valence-electron chi connectivity index (χ0n) is 14.0. The van der Waals surface area contributed by atoms with Crippen LogP contribution in [0.25, 0.3) is 0 Å². The third-order valence-corrected chi connectivity index (χ3v) is 7.56. The number of amidine groups is 1. The maximum Gasteiger partial charge on any atom is 0.262 e. The van der Waals surface area contributed by atoms with E-state index in [1.54, 1.807) is 6.07 Å². The third-order valence-electron chi connectivity index (χ3n) is 4.36. The standard InChI is InChI=1S/C17H19N3O3S2/c1-11(2)12-3-5-13(6-4-12)20-14-9-25(22,23)10-15(14)24-17(20)19-16(21)7-8-18/h3-6,11,14-15H,7,9-10H2,1-2H3/t14-,15-/m0/s1. The number of thioether (sulfide) groups is 1. The zero-order valence-corrected chi connectivity index (χ0v) is 15.7. The van der Waals surface area contributed by atoms with Crippen molar-refractivity contribution in [3.8, 4) is 6.07 Å². The Balaban J connectivity index is 1.97. The number of fused-ring (bicyclic) bond motifs is 1. The van der Waals surface area contributed by atoms with Crippen molar-refractivity contribution < 1.29 is 13.2 Å². The van der Waals surface area contributed by atoms with Gasteiger partial charge < -0.3 is 4.90 Å². The first-order chi connectivity index (χ1) is 11.8. The molecule has 25 heavy (non-hydrogen) atoms. The Morgan fingerprint density at radius 2 is 2.04 bits per heavy atom. The van der Waals surface area contributed by atoms with Gasteiger partial charge in [0.2, 0.25) is 0 Å². The summed E-state index contributed by atoms with van der Waals surface area (Å²) in [7, 11) is -3.08. The summed E-state index contributed by atoms with van der Waals surface area (Å²) in [5.41, 5.74) is 2.01. The first kappa shape index (κ1) is 18.0. The van der Waals surface area contributed by atoms with E-state index in [9.17, 15) is 13.2 Å². The van der Waals surface area contributed by atoms with Crippen LogP contribution >= 0.6 is 11.8 Å². The molecule has 0 bridgehead atoms. The van der Waals surface area contributed by atoms with Crippen LogP contribution in [0.1, 0.15) is 31.7 Å². The van der Waals surface area contributed by atoms with Crippen molar-refractivity contribution in [1.29, 1.82) is 5.26 Å². The molecule has 1 amide bonds. The maximum atomic E-state index is 12.0. The smallest absolute Gasteiger partial charge is 0.262 e. The first-order valence-corrected chi connectivity index (χ1v) is 10.8. The number of nitrogens with zero attached hydrogens (tertiary/aromatic N) is 3. The van der Waals surface area contributed by atoms with Gasteiger partial charge in [-0.3, -0.25) is 4.79 Å². The number of benzene rings is 1. The van der Waals surface area contributed by atoms with E-state index in [2.05, 4.69) is 18.8 Å². The molecular formula is C17H19N3O3S2. The lowest BCUT2D eigenvalue weighted by atomic mass is 10.0. The number of hydrogen-bond acceptors (Lipinski definition) is 5. The molecule has 1 aromatic rings. The van der Waals surface area contributed by atoms with Crippen LogP contribution < -0.4 is 4.90 Å². The van der Waals surface area contributed by atoms with Crippen LogP contribution in [0, 0.1) is 11.3 Å². The molecule has 0 unspecified atom stereocenters. The summed E-state index contributed by atoms with van der Waals surface area (Å²) in [6.45, 7) is 4.21. The van der Waals surface area contributed by atoms with Crippen LogP contribution in [0.4, 0.5) is 5.69 Å². The second-order valence-corrected chi connectivity index (χ2v) is 9.90. The number of carbonyl (C=O) groups excluding carboxylic acids is 1. The number of aliphatic imine (C=N–C) groups is 1. The van der Waals surface area contributed by atoms with Crippen LogP contribution in [0.5, 0.6) is 0 Å². The molecule has 132 valence electrons. The molecule has 2 aliphatic rings. The van der Waals surface area contributed by atoms with Crippen LogP contribution in [-0.4, -0.2) is 42.3 Å². The first-order valence-electron chi connectivity index (χ1n) is 8.05. The Bertz CT molecular complexity index is 854. The van der Waals surface area contributed by atoms with E-state index in [4.69, 9.17) is 5.26 Å². The van der Waals surface area contributed by atoms with Crippen molar-refractivity contribution in [2.45, 2.75) is 37.5 Å². The Kier molecular flexibility index (Phi) is 4.89. The SMILES string of the molecule is CC(C)c1ccc(N2C(=NC(=O)CC#N)S[C@H]3CS(=O)(=O)C[C@@H]32)cc1. The fourth-order valence-electron chi connectivity index (χ4n) is 3.10. The second-order valence-electron chi connectivity index (χ2n) is 6.54. The van der Waals surface area contributed by atoms with Crippen LogP contribution in [0.2, 0.25) is 0 Å². The van der Waals surface area contributed by atoms with E-state index in [1.807, 2.05) is 29.2 Å². The molecule has 0 N–H and O–H groups in total. The molecule has 2 fully saturated rings. The highest BCUT2D eigenvalue weighted by Crippen LogP contribution is 2.41. The van der Waals surface area contributed by atoms with Crippen molar-refractivity contribution in [3.05, 3.63) is 29.8 Å². The average Bonchev–Trinajstić information content (AvgIpc) is 2.98. The molecule has 2 heterocycles. The number of rotatable bonds is 3. The van der Waals surface area contributed by atoms with Crippen molar-refractivity contribution >= 4 is 38.4 Å². The van der Waals surface area contributed by atoms with Gasteiger partial charge in [-0.25, -0.2) is 8.42 Å². The van der Waals surface area contributed by atoms with E-state index in [-0.39, 0.29) is 29.2 Å². The Labute approximate surface area is 151 Å². The van der Waals surface area contributed by atoms with Crippen LogP contribution in [0.15, 0.2) is 29.3 Å². The molecule has 0 saturated carbocycles. The predicted molar refractivity (Wildman–Crippen MR) is 99.5 cm³/mol. The number of hydrogen-bond donors (Lipinski definition) is 0. The molecular weight excluding hydrogens is 358 g/mol. The van der Waals surface area contributed by atoms with E-state index in [0.717, 1.165) is 5.69 Å². The third kappa shape index (κ3) is 3.72. The van der Waals surface area contributed by atoms with Gasteiger partial charge in [0, 0.05) is 10.9 Å². The molecule has 0 radical (unpaired) electrons. The van der Waals surface area contributed by atoms with Crippen LogP contribution in [0.3, 0.4) is 0 Å². The van der Waals surface area contributed by atoms with E-state index in [1.165, 1.54) is 17.3 Å². The number of anilines is 1. The number of sulfone groups is 1. The molecule has 2 atom stereocenters. The normalized spacial score (nSPS) is 26.0. The van der Waals surface area contributed by atoms with Gasteiger partial charge in [-0.2, -0.15) is 10.3 Å². The zero-order chi connectivity index (χ0) is 18.2. The predicted octanol–water partition coefficient (Wildman–Crippen LogP) is 2.33. The van der Waals surface area contributed by atoms with Crippen molar-refractivity contribution in [1.82, 2.24) is 0 Å². The number of carbonyl (C=O) groups is 1. The Hall–Kier alpha value is -1.85. The van der Waals surface area contributed by atoms with Crippen molar-refractivity contribution in [2.75, 3.05) is 16.4 Å². The summed E-state index contributed by atoms with van der Waals surface area (Å²) in [4.78, 5) is 17.7. The van der Waals surface area contributed by atoms with E-state index >= 15 is 0 Å². The highest BCUT2D eigenvalue weighted by molar-refractivity contribution is 8.16. The lowest BCUT2D eigenvalue weighted by molar-refractivity contribution is -0.116. The summed E-state index contributed by atoms with van der Waals surface area (Å²) in [6, 6.07) is 9.47. The van der Waals surface area contributed by atoms with Gasteiger partial charge in [-0.15, -0.1) is 0 Å². The van der Waals surface area contributed by atoms with Gasteiger partial charge in [-0.05, 0) is 23.6 Å². The quantitative estimate of drug-likeness (QED) is 0.803. The molecule has 8 heteroatoms. The van der Waals surface area contributed by atoms with Gasteiger partial charge in [0.25, 0.3) is 5.91 Å². The minimum atomic E-state index is -3.08. The van der Waals surface area contributed by atoms with Gasteiger partial charge in [0.05, 0.1) is 23.6 Å². The summed E-state index contributed by atoms with van der Waals surface area (Å²) < 4.78 is 24.0. The largest absolute Gasteiger partial charge is 0.316 e. The molecule has 3 rings (SSSR count). The fraction of sp³-hybridized carbons (Fsp3) is 0.471. The Morgan fingerprint density at radius 1 is 1.36 bits per heavy atom. The fourth-order valence-corrected chi connectivity index (χ4v) is 7.03. The number of amides is 1. The van der Waals surface area contributed by atoms with Crippen molar-refractivity contribution in [3.63, 3.8) is 0 Å². The molecule has 6 nitrogen and oxygen atoms in total. The van der Waals surface area contributed by atoms with E-state index in [0.29, 0.717) is 11.1 Å². The topological polar surface area (TPSA) is 90.6 Å². The summed E-state index contributed by atoms with van der Waals surface area (Å²) in [5, 5.41) is 9.02. The molecule has 2 saturated heterocycles. The summed E-state index contributed by atoms with van der Waals surface area (Å²) in [6.07, 6.45) is -0.280. The van der Waals surface area contributed by atoms with Crippen molar-refractivity contribution in [2.24, 2.45) is 4.99 Å². The highest BCUT2D eigenvalue weighted by atomic mass is 32.2. The molecule has 2 aliphatic heterocycles. The van der Waals surface area contributed by atoms with Gasteiger partial charge in [0.15, 0.2) is 15.0 Å². The highest BCUT2D eigenvalue weighted by Gasteiger charge is 2.49. The minimum Gasteiger partial charge on any atom is -0.316 e. The van der Waals surface area contributed by atoms with Gasteiger partial charge >= 0.3 is 0 Å². The molecule has 0 spiro atoms. The molecule has 0 aromatic heterocycles. The molecule has 0 aliphatic carbocycles. The number of nitriles is 1. The lowest BCUT2D eigenvalue weighted by Gasteiger charge is -2.25. The second kappa shape index (κ2) is 6.81. The van der Waals surface area contributed by atoms with E-state index < -0.39 is 15.7 Å². The van der Waals surface area contributed by atoms with Gasteiger partial charge in [-0.1, -0.05) is 37.7 Å². The summed E-state index contributed by atoms with van der Waals surface area (Å²) in [5.74, 6) is 0.0414. The monoisotopic (exact) mass is 377 g/mol. The Morgan fingerprint density at radius 3 is 2.64 bits per heavy atom.